The fraction of sp³-hybridized carbons (Fsp3) is 0.464. The average molecular weight is 782 g/mol. The minimum absolute atomic E-state index is 0.102. The molecule has 0 aromatic heterocycles. The van der Waals surface area contributed by atoms with E-state index in [9.17, 15) is 0 Å². The van der Waals surface area contributed by atoms with Crippen molar-refractivity contribution in [2.45, 2.75) is 150 Å². The molecule has 1 heterocycles. The average Bonchev–Trinajstić information content (AvgIpc) is 3.20. The van der Waals surface area contributed by atoms with Gasteiger partial charge in [-0.05, 0) is 190 Å². The molecular formula is C56H63NS. The van der Waals surface area contributed by atoms with Crippen molar-refractivity contribution in [1.29, 1.82) is 0 Å². The van der Waals surface area contributed by atoms with E-state index < -0.39 is 0 Å². The second-order valence-corrected chi connectivity index (χ2v) is 23.4. The highest BCUT2D eigenvalue weighted by molar-refractivity contribution is 7.99. The van der Waals surface area contributed by atoms with E-state index in [0.717, 1.165) is 23.7 Å². The van der Waals surface area contributed by atoms with Crippen molar-refractivity contribution in [3.63, 3.8) is 0 Å². The van der Waals surface area contributed by atoms with Gasteiger partial charge in [-0.2, -0.15) is 0 Å². The number of benzene rings is 5. The molecule has 0 unspecified atom stereocenters. The summed E-state index contributed by atoms with van der Waals surface area (Å²) in [5.74, 6) is 3.29. The standard InChI is InChI=1S/C56H63NS/c1-52(2)22-24-54(5,6)48-32-41(15-19-44(48)52)57(42-16-20-45-49(33-42)55(7,8)25-23-53(45,3)4)43-17-21-47-51(34-43)58-50-31-38(37-12-10-9-11-13-37)14-18-46(50)56(47)39-27-35-26-36(29-39)30-40(56)28-35/h9-21,31-36,39-40H,22-30H2,1-8H3. The molecule has 0 amide bonds. The van der Waals surface area contributed by atoms with Crippen LogP contribution in [-0.4, -0.2) is 0 Å². The maximum atomic E-state index is 2.64. The van der Waals surface area contributed by atoms with Gasteiger partial charge in [0, 0.05) is 32.3 Å². The molecule has 0 radical (unpaired) electrons. The van der Waals surface area contributed by atoms with Crippen LogP contribution in [0, 0.1) is 23.7 Å². The normalized spacial score (nSPS) is 28.6. The van der Waals surface area contributed by atoms with Crippen LogP contribution in [0.25, 0.3) is 11.1 Å². The lowest BCUT2D eigenvalue weighted by Crippen LogP contribution is -2.57. The first-order valence-corrected chi connectivity index (χ1v) is 23.6. The van der Waals surface area contributed by atoms with Crippen LogP contribution in [-0.2, 0) is 27.1 Å². The molecule has 1 spiro atoms. The Kier molecular flexibility index (Phi) is 8.12. The Hall–Kier alpha value is -3.75. The van der Waals surface area contributed by atoms with Crippen LogP contribution in [0.4, 0.5) is 17.1 Å². The molecule has 58 heavy (non-hydrogen) atoms. The number of rotatable bonds is 4. The van der Waals surface area contributed by atoms with Gasteiger partial charge in [-0.15, -0.1) is 0 Å². The number of hydrogen-bond donors (Lipinski definition) is 0. The van der Waals surface area contributed by atoms with Crippen molar-refractivity contribution < 1.29 is 0 Å². The molecule has 4 fully saturated rings. The third-order valence-electron chi connectivity index (χ3n) is 17.0. The first kappa shape index (κ1) is 37.3. The number of hydrogen-bond acceptors (Lipinski definition) is 2. The summed E-state index contributed by atoms with van der Waals surface area (Å²) >= 11 is 2.05. The van der Waals surface area contributed by atoms with E-state index in [2.05, 4.69) is 163 Å². The van der Waals surface area contributed by atoms with E-state index in [0.29, 0.717) is 0 Å². The van der Waals surface area contributed by atoms with Gasteiger partial charge in [-0.1, -0.05) is 128 Å². The molecule has 0 atom stereocenters. The van der Waals surface area contributed by atoms with Gasteiger partial charge >= 0.3 is 0 Å². The van der Waals surface area contributed by atoms with Crippen molar-refractivity contribution in [2.24, 2.45) is 23.7 Å². The van der Waals surface area contributed by atoms with Crippen LogP contribution in [0.15, 0.2) is 113 Å². The molecule has 2 heteroatoms. The van der Waals surface area contributed by atoms with E-state index in [-0.39, 0.29) is 27.1 Å². The van der Waals surface area contributed by atoms with Crippen LogP contribution in [0.3, 0.4) is 0 Å². The first-order chi connectivity index (χ1) is 27.6. The molecular weight excluding hydrogens is 719 g/mol. The Morgan fingerprint density at radius 1 is 0.414 bits per heavy atom. The molecule has 5 aromatic carbocycles. The molecule has 5 aromatic rings. The molecule has 1 nitrogen and oxygen atoms in total. The second-order valence-electron chi connectivity index (χ2n) is 22.4. The lowest BCUT2D eigenvalue weighted by molar-refractivity contribution is -0.0443. The molecule has 1 aliphatic heterocycles. The molecule has 298 valence electrons. The third kappa shape index (κ3) is 5.48. The van der Waals surface area contributed by atoms with Crippen molar-refractivity contribution in [3.05, 3.63) is 137 Å². The minimum Gasteiger partial charge on any atom is -0.310 e. The predicted molar refractivity (Wildman–Crippen MR) is 246 cm³/mol. The topological polar surface area (TPSA) is 3.24 Å². The van der Waals surface area contributed by atoms with Crippen LogP contribution in [0.2, 0.25) is 0 Å². The fourth-order valence-electron chi connectivity index (χ4n) is 13.8. The Labute approximate surface area is 353 Å². The summed E-state index contributed by atoms with van der Waals surface area (Å²) in [4.78, 5) is 5.60. The van der Waals surface area contributed by atoms with E-state index in [1.165, 1.54) is 118 Å². The Bertz CT molecular complexity index is 2350. The molecule has 7 aliphatic rings. The maximum absolute atomic E-state index is 2.64. The van der Waals surface area contributed by atoms with Crippen LogP contribution >= 0.6 is 11.8 Å². The van der Waals surface area contributed by atoms with Gasteiger partial charge in [0.2, 0.25) is 0 Å². The van der Waals surface area contributed by atoms with Gasteiger partial charge in [0.25, 0.3) is 0 Å². The number of fused-ring (bicyclic) bond motifs is 4. The van der Waals surface area contributed by atoms with E-state index in [4.69, 9.17) is 0 Å². The van der Waals surface area contributed by atoms with Crippen molar-refractivity contribution in [1.82, 2.24) is 0 Å². The summed E-state index contributed by atoms with van der Waals surface area (Å²) in [6, 6.07) is 41.4. The highest BCUT2D eigenvalue weighted by Gasteiger charge is 2.60. The molecule has 0 saturated heterocycles. The van der Waals surface area contributed by atoms with Gasteiger partial charge in [0.1, 0.15) is 0 Å². The molecule has 12 rings (SSSR count). The summed E-state index contributed by atoms with van der Waals surface area (Å²) in [5, 5.41) is 0. The maximum Gasteiger partial charge on any atom is 0.0473 e. The van der Waals surface area contributed by atoms with Crippen LogP contribution in [0.5, 0.6) is 0 Å². The molecule has 4 saturated carbocycles. The Balaban J connectivity index is 1.12. The largest absolute Gasteiger partial charge is 0.310 e. The zero-order valence-corrected chi connectivity index (χ0v) is 37.2. The van der Waals surface area contributed by atoms with Gasteiger partial charge < -0.3 is 4.90 Å². The monoisotopic (exact) mass is 781 g/mol. The lowest BCUT2D eigenvalue weighted by Gasteiger charge is -2.63. The summed E-state index contributed by atoms with van der Waals surface area (Å²) in [6.45, 7) is 19.7. The number of anilines is 3. The van der Waals surface area contributed by atoms with Gasteiger partial charge in [-0.25, -0.2) is 0 Å². The lowest BCUT2D eigenvalue weighted by atomic mass is 9.42. The molecule has 0 N–H and O–H groups in total. The van der Waals surface area contributed by atoms with Gasteiger partial charge in [-0.3, -0.25) is 0 Å². The Morgan fingerprint density at radius 2 is 0.845 bits per heavy atom. The van der Waals surface area contributed by atoms with Crippen LogP contribution < -0.4 is 4.90 Å². The Morgan fingerprint density at radius 3 is 1.36 bits per heavy atom. The summed E-state index contributed by atoms with van der Waals surface area (Å²) in [6.07, 6.45) is 11.9. The van der Waals surface area contributed by atoms with Crippen molar-refractivity contribution in [3.8, 4) is 11.1 Å². The van der Waals surface area contributed by atoms with E-state index in [1.807, 2.05) is 11.8 Å². The predicted octanol–water partition coefficient (Wildman–Crippen LogP) is 15.7. The SMILES string of the molecule is CC1(C)CCC(C)(C)c2cc(N(c3ccc4c(c3)Sc3cc(-c5ccccc5)ccc3C43C4CC5CC(C4)CC3C5)c3ccc4c(c3)C(C)(C)CCC4(C)C)ccc21. The summed E-state index contributed by atoms with van der Waals surface area (Å²) < 4.78 is 0. The molecule has 4 bridgehead atoms. The highest BCUT2D eigenvalue weighted by atomic mass is 32.2. The smallest absolute Gasteiger partial charge is 0.0473 e. The quantitative estimate of drug-likeness (QED) is 0.179. The third-order valence-corrected chi connectivity index (χ3v) is 18.2. The van der Waals surface area contributed by atoms with Gasteiger partial charge in [0.15, 0.2) is 0 Å². The van der Waals surface area contributed by atoms with Crippen LogP contribution in [0.1, 0.15) is 147 Å². The first-order valence-electron chi connectivity index (χ1n) is 22.8. The van der Waals surface area contributed by atoms with E-state index in [1.54, 1.807) is 11.1 Å². The summed E-state index contributed by atoms with van der Waals surface area (Å²) in [7, 11) is 0. The van der Waals surface area contributed by atoms with E-state index >= 15 is 0 Å². The zero-order chi connectivity index (χ0) is 40.0. The fourth-order valence-corrected chi connectivity index (χ4v) is 15.1. The van der Waals surface area contributed by atoms with Gasteiger partial charge in [0.05, 0.1) is 0 Å². The molecule has 6 aliphatic carbocycles. The van der Waals surface area contributed by atoms with Crippen molar-refractivity contribution in [2.75, 3.05) is 4.90 Å². The minimum atomic E-state index is 0.102. The zero-order valence-electron chi connectivity index (χ0n) is 36.3. The van der Waals surface area contributed by atoms with Crippen molar-refractivity contribution >= 4 is 28.8 Å². The summed E-state index contributed by atoms with van der Waals surface area (Å²) in [5.41, 5.74) is 16.6. The number of nitrogens with zero attached hydrogens (tertiary/aromatic N) is 1. The highest BCUT2D eigenvalue weighted by Crippen LogP contribution is 2.69. The second kappa shape index (κ2) is 12.6.